The molecule has 28 heavy (non-hydrogen) atoms. The van der Waals surface area contributed by atoms with Gasteiger partial charge in [0.05, 0.1) is 22.7 Å². The molecule has 0 unspecified atom stereocenters. The van der Waals surface area contributed by atoms with Crippen LogP contribution in [0.5, 0.6) is 0 Å². The topological polar surface area (TPSA) is 79.2 Å². The van der Waals surface area contributed by atoms with Gasteiger partial charge in [0.15, 0.2) is 0 Å². The fourth-order valence-electron chi connectivity index (χ4n) is 2.96. The Morgan fingerprint density at radius 1 is 1.07 bits per heavy atom. The fourth-order valence-corrected chi connectivity index (χ4v) is 2.96. The maximum Gasteiger partial charge on any atom is 0.281 e. The molecule has 2 aromatic carbocycles. The summed E-state index contributed by atoms with van der Waals surface area (Å²) in [6, 6.07) is 18.9. The van der Waals surface area contributed by atoms with E-state index in [1.807, 2.05) is 74.5 Å². The van der Waals surface area contributed by atoms with Gasteiger partial charge in [-0.3, -0.25) is 14.7 Å². The van der Waals surface area contributed by atoms with Crippen molar-refractivity contribution in [2.75, 3.05) is 0 Å². The number of hydrazone groups is 1. The molecular weight excluding hydrogens is 352 g/mol. The van der Waals surface area contributed by atoms with E-state index in [9.17, 15) is 9.59 Å². The number of H-pyrrole nitrogens is 1. The number of hydrogen-bond acceptors (Lipinski definition) is 3. The number of hydrogen-bond donors (Lipinski definition) is 2. The number of nitrogens with zero attached hydrogens (tertiary/aromatic N) is 2. The van der Waals surface area contributed by atoms with Crippen LogP contribution in [0.4, 0.5) is 0 Å². The van der Waals surface area contributed by atoms with Crippen molar-refractivity contribution in [3.05, 3.63) is 76.6 Å². The summed E-state index contributed by atoms with van der Waals surface area (Å²) in [5, 5.41) is 7.38. The number of aromatic nitrogens is 2. The summed E-state index contributed by atoms with van der Waals surface area (Å²) in [7, 11) is 0. The van der Waals surface area contributed by atoms with Crippen molar-refractivity contribution in [3.8, 4) is 16.9 Å². The van der Waals surface area contributed by atoms with Crippen molar-refractivity contribution in [3.63, 3.8) is 0 Å². The molecule has 0 aliphatic heterocycles. The first kappa shape index (κ1) is 19.4. The Labute approximate surface area is 163 Å². The molecule has 6 heteroatoms. The van der Waals surface area contributed by atoms with Crippen LogP contribution >= 0.6 is 0 Å². The lowest BCUT2D eigenvalue weighted by molar-refractivity contribution is -0.121. The zero-order valence-electron chi connectivity index (χ0n) is 16.3. The zero-order chi connectivity index (χ0) is 20.1. The van der Waals surface area contributed by atoms with Crippen molar-refractivity contribution in [2.24, 2.45) is 11.0 Å². The van der Waals surface area contributed by atoms with E-state index in [0.29, 0.717) is 23.4 Å². The lowest BCUT2D eigenvalue weighted by Gasteiger charge is -2.05. The van der Waals surface area contributed by atoms with Crippen molar-refractivity contribution in [2.45, 2.75) is 27.2 Å². The monoisotopic (exact) mass is 376 g/mol. The second kappa shape index (κ2) is 8.52. The lowest BCUT2D eigenvalue weighted by atomic mass is 10.1. The van der Waals surface area contributed by atoms with Crippen molar-refractivity contribution < 1.29 is 4.79 Å². The molecule has 0 aliphatic carbocycles. The minimum atomic E-state index is -0.218. The molecule has 3 aromatic rings. The third-order valence-corrected chi connectivity index (χ3v) is 4.27. The Kier molecular flexibility index (Phi) is 5.89. The van der Waals surface area contributed by atoms with Crippen LogP contribution < -0.4 is 11.0 Å². The normalized spacial score (nSPS) is 11.6. The van der Waals surface area contributed by atoms with Crippen LogP contribution in [0.3, 0.4) is 0 Å². The van der Waals surface area contributed by atoms with E-state index >= 15 is 0 Å². The molecule has 144 valence electrons. The number of para-hydroxylation sites is 1. The van der Waals surface area contributed by atoms with Crippen molar-refractivity contribution in [1.29, 1.82) is 0 Å². The quantitative estimate of drug-likeness (QED) is 0.508. The van der Waals surface area contributed by atoms with Gasteiger partial charge < -0.3 is 0 Å². The SMILES string of the molecule is CC(=NNC(=O)CC(C)C)c1c(-c2ccccc2)[nH]n(-c2ccccc2)c1=O. The number of nitrogens with one attached hydrogen (secondary N) is 2. The molecular formula is C22H24N4O2. The average Bonchev–Trinajstić information content (AvgIpc) is 3.04. The lowest BCUT2D eigenvalue weighted by Crippen LogP contribution is -2.24. The van der Waals surface area contributed by atoms with Gasteiger partial charge in [-0.1, -0.05) is 62.4 Å². The summed E-state index contributed by atoms with van der Waals surface area (Å²) < 4.78 is 1.49. The standard InChI is InChI=1S/C22H24N4O2/c1-15(2)14-19(27)24-23-16(3)20-21(17-10-6-4-7-11-17)25-26(22(20)28)18-12-8-5-9-13-18/h4-13,15,25H,14H2,1-3H3,(H,24,27). The molecule has 6 nitrogen and oxygen atoms in total. The molecule has 1 amide bonds. The van der Waals surface area contributed by atoms with E-state index in [1.54, 1.807) is 6.92 Å². The Morgan fingerprint density at radius 2 is 1.68 bits per heavy atom. The van der Waals surface area contributed by atoms with Crippen molar-refractivity contribution >= 4 is 11.6 Å². The van der Waals surface area contributed by atoms with E-state index in [2.05, 4.69) is 15.6 Å². The largest absolute Gasteiger partial charge is 0.290 e. The molecule has 3 rings (SSSR count). The minimum Gasteiger partial charge on any atom is -0.290 e. The molecule has 0 fully saturated rings. The van der Waals surface area contributed by atoms with Crippen LogP contribution in [0.2, 0.25) is 0 Å². The van der Waals surface area contributed by atoms with Gasteiger partial charge in [-0.15, -0.1) is 0 Å². The fraction of sp³-hybridized carbons (Fsp3) is 0.227. The first-order valence-electron chi connectivity index (χ1n) is 9.26. The first-order chi connectivity index (χ1) is 13.5. The van der Waals surface area contributed by atoms with Crippen molar-refractivity contribution in [1.82, 2.24) is 15.2 Å². The second-order valence-corrected chi connectivity index (χ2v) is 7.03. The number of carbonyl (C=O) groups excluding carboxylic acids is 1. The maximum absolute atomic E-state index is 13.2. The van der Waals surface area contributed by atoms with Gasteiger partial charge in [0.1, 0.15) is 0 Å². The summed E-state index contributed by atoms with van der Waals surface area (Å²) in [4.78, 5) is 25.1. The minimum absolute atomic E-state index is 0.172. The van der Waals surface area contributed by atoms with Crippen LogP contribution in [0.25, 0.3) is 16.9 Å². The predicted molar refractivity (Wildman–Crippen MR) is 112 cm³/mol. The predicted octanol–water partition coefficient (Wildman–Crippen LogP) is 3.72. The molecule has 1 heterocycles. The number of amides is 1. The highest BCUT2D eigenvalue weighted by molar-refractivity contribution is 6.03. The van der Waals surface area contributed by atoms with Gasteiger partial charge in [-0.05, 0) is 25.0 Å². The molecule has 0 spiro atoms. The Morgan fingerprint density at radius 3 is 2.29 bits per heavy atom. The summed E-state index contributed by atoms with van der Waals surface area (Å²) in [6.45, 7) is 5.66. The molecule has 0 bridgehead atoms. The summed E-state index contributed by atoms with van der Waals surface area (Å²) >= 11 is 0. The number of carbonyl (C=O) groups is 1. The molecule has 0 aliphatic rings. The van der Waals surface area contributed by atoms with Crippen LogP contribution in [0, 0.1) is 5.92 Å². The van der Waals surface area contributed by atoms with Crippen LogP contribution in [0.15, 0.2) is 70.6 Å². The van der Waals surface area contributed by atoms with E-state index in [1.165, 1.54) is 4.68 Å². The Bertz CT molecular complexity index is 1030. The van der Waals surface area contributed by atoms with Crippen LogP contribution in [0.1, 0.15) is 32.8 Å². The highest BCUT2D eigenvalue weighted by Crippen LogP contribution is 2.21. The third kappa shape index (κ3) is 4.28. The van der Waals surface area contributed by atoms with Gasteiger partial charge in [-0.2, -0.15) is 5.10 Å². The molecule has 0 saturated heterocycles. The number of benzene rings is 2. The van der Waals surface area contributed by atoms with Gasteiger partial charge in [-0.25, -0.2) is 10.1 Å². The maximum atomic E-state index is 13.2. The second-order valence-electron chi connectivity index (χ2n) is 7.03. The van der Waals surface area contributed by atoms with E-state index < -0.39 is 0 Å². The molecule has 0 atom stereocenters. The Hall–Kier alpha value is -3.41. The molecule has 1 aromatic heterocycles. The Balaban J connectivity index is 2.07. The highest BCUT2D eigenvalue weighted by Gasteiger charge is 2.19. The molecule has 2 N–H and O–H groups in total. The van der Waals surface area contributed by atoms with Gasteiger partial charge in [0.2, 0.25) is 5.91 Å². The number of rotatable bonds is 6. The highest BCUT2D eigenvalue weighted by atomic mass is 16.2. The van der Waals surface area contributed by atoms with Crippen LogP contribution in [-0.2, 0) is 4.79 Å². The summed E-state index contributed by atoms with van der Waals surface area (Å²) in [5.74, 6) is 0.0625. The van der Waals surface area contributed by atoms with E-state index in [0.717, 1.165) is 11.3 Å². The number of aromatic amines is 1. The summed E-state index contributed by atoms with van der Waals surface area (Å²) in [5.41, 5.74) is 5.48. The average molecular weight is 376 g/mol. The van der Waals surface area contributed by atoms with Crippen LogP contribution in [-0.4, -0.2) is 21.4 Å². The summed E-state index contributed by atoms with van der Waals surface area (Å²) in [6.07, 6.45) is 0.379. The first-order valence-corrected chi connectivity index (χ1v) is 9.26. The van der Waals surface area contributed by atoms with Gasteiger partial charge in [0.25, 0.3) is 5.56 Å². The van der Waals surface area contributed by atoms with Gasteiger partial charge >= 0.3 is 0 Å². The van der Waals surface area contributed by atoms with E-state index in [-0.39, 0.29) is 17.4 Å². The smallest absolute Gasteiger partial charge is 0.281 e. The molecule has 0 radical (unpaired) electrons. The molecule has 0 saturated carbocycles. The zero-order valence-corrected chi connectivity index (χ0v) is 16.3. The third-order valence-electron chi connectivity index (χ3n) is 4.27. The van der Waals surface area contributed by atoms with Gasteiger partial charge in [0, 0.05) is 12.0 Å². The van der Waals surface area contributed by atoms with E-state index in [4.69, 9.17) is 0 Å².